The van der Waals surface area contributed by atoms with E-state index in [1.807, 2.05) is 13.8 Å². The van der Waals surface area contributed by atoms with Crippen LogP contribution >= 0.6 is 0 Å². The summed E-state index contributed by atoms with van der Waals surface area (Å²) in [6.07, 6.45) is -4.91. The number of rotatable bonds is 5. The van der Waals surface area contributed by atoms with E-state index in [0.717, 1.165) is 4.90 Å². The molecule has 1 aliphatic rings. The summed E-state index contributed by atoms with van der Waals surface area (Å²) >= 11 is 0. The number of carbonyl (C=O) groups is 2. The Morgan fingerprint density at radius 1 is 1.36 bits per heavy atom. The Morgan fingerprint density at radius 3 is 2.32 bits per heavy atom. The van der Waals surface area contributed by atoms with E-state index in [2.05, 4.69) is 5.32 Å². The minimum Gasteiger partial charge on any atom is -0.481 e. The van der Waals surface area contributed by atoms with Crippen LogP contribution < -0.4 is 5.32 Å². The van der Waals surface area contributed by atoms with Crippen molar-refractivity contribution in [3.8, 4) is 0 Å². The topological polar surface area (TPSA) is 78.9 Å². The molecule has 0 aromatic rings. The number of nitrogens with zero attached hydrogens (tertiary/aromatic N) is 1. The number of carboxylic acid groups (broad SMARTS) is 1. The van der Waals surface area contributed by atoms with Crippen molar-refractivity contribution >= 4 is 12.0 Å². The standard InChI is InChI=1S/C13H21F3N2O4/c1-7(2)10(22-3)4-17-12(21)18-5-8(11(19)20)9(6-18)13(14,15)16/h7-10H,4-6H2,1-3H3,(H,17,21)(H,19,20)/t8-,9-,10?/m1/s1. The maximum absolute atomic E-state index is 12.8. The number of ether oxygens (including phenoxy) is 1. The highest BCUT2D eigenvalue weighted by Gasteiger charge is 2.53. The molecule has 0 aliphatic carbocycles. The quantitative estimate of drug-likeness (QED) is 0.804. The number of hydrogen-bond acceptors (Lipinski definition) is 3. The maximum Gasteiger partial charge on any atom is 0.394 e. The second kappa shape index (κ2) is 7.17. The van der Waals surface area contributed by atoms with Crippen molar-refractivity contribution in [2.45, 2.75) is 26.1 Å². The monoisotopic (exact) mass is 326 g/mol. The molecule has 128 valence electrons. The van der Waals surface area contributed by atoms with E-state index in [9.17, 15) is 22.8 Å². The van der Waals surface area contributed by atoms with Gasteiger partial charge in [-0.05, 0) is 5.92 Å². The minimum absolute atomic E-state index is 0.124. The Labute approximate surface area is 126 Å². The lowest BCUT2D eigenvalue weighted by atomic mass is 9.96. The number of methoxy groups -OCH3 is 1. The summed E-state index contributed by atoms with van der Waals surface area (Å²) in [6.45, 7) is 2.82. The van der Waals surface area contributed by atoms with Gasteiger partial charge in [0, 0.05) is 26.7 Å². The van der Waals surface area contributed by atoms with E-state index in [1.165, 1.54) is 7.11 Å². The third-order valence-electron chi connectivity index (χ3n) is 3.85. The second-order valence-corrected chi connectivity index (χ2v) is 5.70. The summed E-state index contributed by atoms with van der Waals surface area (Å²) < 4.78 is 43.7. The molecule has 0 bridgehead atoms. The Kier molecular flexibility index (Phi) is 6.04. The van der Waals surface area contributed by atoms with Gasteiger partial charge in [-0.2, -0.15) is 13.2 Å². The molecule has 3 atom stereocenters. The van der Waals surface area contributed by atoms with Crippen LogP contribution in [0.15, 0.2) is 0 Å². The summed E-state index contributed by atoms with van der Waals surface area (Å²) in [5.41, 5.74) is 0. The fourth-order valence-corrected chi connectivity index (χ4v) is 2.44. The average Bonchev–Trinajstić information content (AvgIpc) is 2.83. The first kappa shape index (κ1) is 18.5. The Bertz CT molecular complexity index is 415. The molecule has 0 spiro atoms. The Hall–Kier alpha value is -1.51. The molecule has 2 N–H and O–H groups in total. The van der Waals surface area contributed by atoms with Crippen LogP contribution in [0.4, 0.5) is 18.0 Å². The molecule has 1 rings (SSSR count). The molecule has 1 unspecified atom stereocenters. The molecule has 1 heterocycles. The van der Waals surface area contributed by atoms with Gasteiger partial charge < -0.3 is 20.1 Å². The van der Waals surface area contributed by atoms with Crippen molar-refractivity contribution in [3.05, 3.63) is 0 Å². The van der Waals surface area contributed by atoms with Crippen LogP contribution in [0.1, 0.15) is 13.8 Å². The van der Waals surface area contributed by atoms with Gasteiger partial charge in [0.05, 0.1) is 17.9 Å². The molecule has 0 radical (unpaired) electrons. The van der Waals surface area contributed by atoms with Crippen LogP contribution in [0.3, 0.4) is 0 Å². The summed E-state index contributed by atoms with van der Waals surface area (Å²) in [4.78, 5) is 23.8. The van der Waals surface area contributed by atoms with Gasteiger partial charge in [0.25, 0.3) is 0 Å². The first-order chi connectivity index (χ1) is 10.1. The Balaban J connectivity index is 2.66. The molecular formula is C13H21F3N2O4. The van der Waals surface area contributed by atoms with Crippen molar-refractivity contribution in [1.29, 1.82) is 0 Å². The summed E-state index contributed by atoms with van der Waals surface area (Å²) in [6, 6.07) is -0.708. The molecule has 0 saturated carbocycles. The summed E-state index contributed by atoms with van der Waals surface area (Å²) in [7, 11) is 1.48. The molecule has 22 heavy (non-hydrogen) atoms. The number of likely N-dealkylation sites (tertiary alicyclic amines) is 1. The number of halogens is 3. The van der Waals surface area contributed by atoms with Gasteiger partial charge in [-0.3, -0.25) is 4.79 Å². The molecule has 6 nitrogen and oxygen atoms in total. The minimum atomic E-state index is -4.65. The van der Waals surface area contributed by atoms with Gasteiger partial charge >= 0.3 is 18.2 Å². The zero-order valence-electron chi connectivity index (χ0n) is 12.7. The lowest BCUT2D eigenvalue weighted by Gasteiger charge is -2.22. The first-order valence-corrected chi connectivity index (χ1v) is 6.93. The lowest BCUT2D eigenvalue weighted by Crippen LogP contribution is -2.44. The predicted octanol–water partition coefficient (Wildman–Crippen LogP) is 1.56. The van der Waals surface area contributed by atoms with Crippen LogP contribution in [0.5, 0.6) is 0 Å². The van der Waals surface area contributed by atoms with Crippen molar-refractivity contribution < 1.29 is 32.6 Å². The van der Waals surface area contributed by atoms with E-state index in [1.54, 1.807) is 0 Å². The number of aliphatic carboxylic acids is 1. The van der Waals surface area contributed by atoms with Crippen molar-refractivity contribution in [3.63, 3.8) is 0 Å². The zero-order valence-corrected chi connectivity index (χ0v) is 12.7. The summed E-state index contributed by atoms with van der Waals surface area (Å²) in [5.74, 6) is -5.10. The molecule has 0 aromatic heterocycles. The fraction of sp³-hybridized carbons (Fsp3) is 0.846. The largest absolute Gasteiger partial charge is 0.481 e. The van der Waals surface area contributed by atoms with Crippen LogP contribution in [0.2, 0.25) is 0 Å². The highest BCUT2D eigenvalue weighted by Crippen LogP contribution is 2.37. The van der Waals surface area contributed by atoms with Crippen LogP contribution in [0.25, 0.3) is 0 Å². The third-order valence-corrected chi connectivity index (χ3v) is 3.85. The van der Waals surface area contributed by atoms with E-state index < -0.39 is 43.1 Å². The van der Waals surface area contributed by atoms with Gasteiger partial charge in [-0.1, -0.05) is 13.8 Å². The van der Waals surface area contributed by atoms with Gasteiger partial charge in [0.1, 0.15) is 0 Å². The van der Waals surface area contributed by atoms with Crippen LogP contribution in [-0.2, 0) is 9.53 Å². The van der Waals surface area contributed by atoms with Crippen molar-refractivity contribution in [2.75, 3.05) is 26.7 Å². The van der Waals surface area contributed by atoms with Crippen LogP contribution in [-0.4, -0.2) is 61.0 Å². The highest BCUT2D eigenvalue weighted by atomic mass is 19.4. The number of urea groups is 1. The van der Waals surface area contributed by atoms with Crippen LogP contribution in [0, 0.1) is 17.8 Å². The van der Waals surface area contributed by atoms with Gasteiger partial charge in [-0.25, -0.2) is 4.79 Å². The van der Waals surface area contributed by atoms with Gasteiger partial charge in [-0.15, -0.1) is 0 Å². The molecule has 1 saturated heterocycles. The second-order valence-electron chi connectivity index (χ2n) is 5.70. The number of carbonyl (C=O) groups excluding carboxylic acids is 1. The molecule has 1 aliphatic heterocycles. The number of alkyl halides is 3. The van der Waals surface area contributed by atoms with Crippen molar-refractivity contribution in [2.24, 2.45) is 17.8 Å². The molecule has 0 aromatic carbocycles. The van der Waals surface area contributed by atoms with E-state index in [0.29, 0.717) is 0 Å². The normalized spacial score (nSPS) is 23.7. The fourth-order valence-electron chi connectivity index (χ4n) is 2.44. The molecule has 2 amide bonds. The molecular weight excluding hydrogens is 305 g/mol. The molecule has 1 fully saturated rings. The number of amides is 2. The van der Waals surface area contributed by atoms with Gasteiger partial charge in [0.2, 0.25) is 0 Å². The number of nitrogens with one attached hydrogen (secondary N) is 1. The Morgan fingerprint density at radius 2 is 1.95 bits per heavy atom. The van der Waals surface area contributed by atoms with Gasteiger partial charge in [0.15, 0.2) is 0 Å². The van der Waals surface area contributed by atoms with E-state index in [-0.39, 0.29) is 18.6 Å². The van der Waals surface area contributed by atoms with E-state index >= 15 is 0 Å². The summed E-state index contributed by atoms with van der Waals surface area (Å²) in [5, 5.41) is 11.4. The predicted molar refractivity (Wildman–Crippen MR) is 71.3 cm³/mol. The number of carboxylic acids is 1. The SMILES string of the molecule is COC(CNC(=O)N1C[C@@H](C(F)(F)F)[C@H](C(=O)O)C1)C(C)C. The zero-order chi connectivity index (χ0) is 17.1. The maximum atomic E-state index is 12.8. The smallest absolute Gasteiger partial charge is 0.394 e. The third kappa shape index (κ3) is 4.49. The first-order valence-electron chi connectivity index (χ1n) is 6.93. The molecule has 9 heteroatoms. The van der Waals surface area contributed by atoms with E-state index in [4.69, 9.17) is 9.84 Å². The highest BCUT2D eigenvalue weighted by molar-refractivity contribution is 5.77. The van der Waals surface area contributed by atoms with Crippen molar-refractivity contribution in [1.82, 2.24) is 10.2 Å². The average molecular weight is 326 g/mol. The number of hydrogen-bond donors (Lipinski definition) is 2. The lowest BCUT2D eigenvalue weighted by molar-refractivity contribution is -0.187.